The zero-order valence-electron chi connectivity index (χ0n) is 30.2. The molecular weight excluding hydrogens is 736 g/mol. The molecule has 3 aromatic carbocycles. The second-order valence-electron chi connectivity index (χ2n) is 15.6. The number of likely N-dealkylation sites (tertiary alicyclic amines) is 1. The molecule has 1 N–H and O–H groups in total. The van der Waals surface area contributed by atoms with Gasteiger partial charge in [0.15, 0.2) is 11.6 Å². The number of amides is 1. The molecule has 3 aromatic heterocycles. The molecule has 11 rings (SSSR count). The van der Waals surface area contributed by atoms with Crippen LogP contribution < -0.4 is 5.32 Å². The van der Waals surface area contributed by atoms with Gasteiger partial charge in [0.2, 0.25) is 5.91 Å². The Hall–Kier alpha value is -4.89. The monoisotopic (exact) mass is 773 g/mol. The zero-order chi connectivity index (χ0) is 37.5. The van der Waals surface area contributed by atoms with Crippen LogP contribution in [0.5, 0.6) is 0 Å². The van der Waals surface area contributed by atoms with Gasteiger partial charge in [0.1, 0.15) is 5.52 Å². The first-order chi connectivity index (χ1) is 26.8. The highest BCUT2D eigenvalue weighted by Crippen LogP contribution is 2.52. The van der Waals surface area contributed by atoms with Crippen LogP contribution in [0.1, 0.15) is 78.6 Å². The zero-order valence-corrected chi connectivity index (χ0v) is 31.7. The second kappa shape index (κ2) is 13.4. The van der Waals surface area contributed by atoms with E-state index in [1.54, 1.807) is 23.0 Å². The van der Waals surface area contributed by atoms with E-state index in [-0.39, 0.29) is 53.0 Å². The van der Waals surface area contributed by atoms with Crippen molar-refractivity contribution in [3.63, 3.8) is 0 Å². The van der Waals surface area contributed by atoms with Gasteiger partial charge in [-0.1, -0.05) is 65.7 Å². The highest BCUT2D eigenvalue weighted by Gasteiger charge is 2.51. The molecular formula is C42H38Cl2FN9O. The molecule has 5 unspecified atom stereocenters. The van der Waals surface area contributed by atoms with Crippen molar-refractivity contribution >= 4 is 50.9 Å². The van der Waals surface area contributed by atoms with E-state index in [0.717, 1.165) is 48.0 Å². The summed E-state index contributed by atoms with van der Waals surface area (Å²) in [6.45, 7) is 3.31. The third-order valence-corrected chi connectivity index (χ3v) is 13.1. The van der Waals surface area contributed by atoms with Crippen LogP contribution in [0.3, 0.4) is 0 Å². The maximum atomic E-state index is 17.3. The number of hydrogen-bond donors (Lipinski definition) is 1. The van der Waals surface area contributed by atoms with E-state index in [9.17, 15) is 10.1 Å². The molecule has 278 valence electrons. The number of fused-ring (bicyclic) bond motifs is 4. The third kappa shape index (κ3) is 5.71. The molecule has 13 heteroatoms. The highest BCUT2D eigenvalue weighted by atomic mass is 35.5. The Morgan fingerprint density at radius 1 is 1.07 bits per heavy atom. The van der Waals surface area contributed by atoms with Crippen LogP contribution in [0.15, 0.2) is 60.7 Å². The number of halogens is 3. The molecule has 0 spiro atoms. The molecule has 0 radical (unpaired) electrons. The fourth-order valence-corrected chi connectivity index (χ4v) is 9.82. The SMILES string of the molecule is Cc1nc2c(F)c(-c3cccc(Cl)c3Cl)c(CCC#N)cc2c2c1cc(C1CC(n3nnc(Cc4ccccc4)n3)CN1C(=O)C1CC1)n2C1C2CNC1C2. The van der Waals surface area contributed by atoms with Gasteiger partial charge in [0.25, 0.3) is 0 Å². The third-order valence-electron chi connectivity index (χ3n) is 12.3. The summed E-state index contributed by atoms with van der Waals surface area (Å²) in [5.41, 5.74) is 5.45. The lowest BCUT2D eigenvalue weighted by Gasteiger charge is -2.39. The predicted octanol–water partition coefficient (Wildman–Crippen LogP) is 8.10. The molecule has 5 atom stereocenters. The summed E-state index contributed by atoms with van der Waals surface area (Å²) in [4.78, 5) is 22.8. The summed E-state index contributed by atoms with van der Waals surface area (Å²) in [6, 6.07) is 21.7. The molecule has 1 amide bonds. The van der Waals surface area contributed by atoms with E-state index in [1.807, 2.05) is 36.1 Å². The van der Waals surface area contributed by atoms with Gasteiger partial charge in [0.05, 0.1) is 39.8 Å². The Bertz CT molecular complexity index is 2550. The van der Waals surface area contributed by atoms with Gasteiger partial charge in [-0.2, -0.15) is 10.1 Å². The number of carbonyl (C=O) groups is 1. The summed E-state index contributed by atoms with van der Waals surface area (Å²) in [6.07, 6.45) is 4.58. The van der Waals surface area contributed by atoms with Crippen LogP contribution in [0, 0.1) is 35.9 Å². The van der Waals surface area contributed by atoms with E-state index in [4.69, 9.17) is 33.3 Å². The summed E-state index contributed by atoms with van der Waals surface area (Å²) in [7, 11) is 0. The number of carbonyl (C=O) groups excluding carboxylic acids is 1. The Morgan fingerprint density at radius 3 is 2.65 bits per heavy atom. The van der Waals surface area contributed by atoms with Crippen molar-refractivity contribution in [1.29, 1.82) is 5.26 Å². The standard InChI is InChI=1S/C42H38Cl2FN9O/c1-22-29-19-34(33-18-27(21-52(33)42(55)24-12-13-24)54-50-35(49-51-54)15-23-7-3-2-4-8-23)53(40-26-17-32(40)47-20-26)41(29)30-16-25(9-6-14-46)36(38(45)39(30)48-22)28-10-5-11-31(43)37(28)44/h2-5,7-8,10-11,16,19,24,26-27,32-33,40,47H,6,9,12-13,15,17-18,20-21H2,1H3. The Balaban J connectivity index is 1.15. The number of nitriles is 1. The Labute approximate surface area is 327 Å². The average molecular weight is 775 g/mol. The van der Waals surface area contributed by atoms with Gasteiger partial charge in [-0.3, -0.25) is 4.79 Å². The molecule has 55 heavy (non-hydrogen) atoms. The van der Waals surface area contributed by atoms with Crippen LogP contribution in [-0.2, 0) is 17.6 Å². The minimum absolute atomic E-state index is 0.0238. The van der Waals surface area contributed by atoms with Crippen molar-refractivity contribution in [2.45, 2.75) is 76.0 Å². The minimum atomic E-state index is -0.487. The van der Waals surface area contributed by atoms with Crippen molar-refractivity contribution in [3.8, 4) is 17.2 Å². The fraction of sp³-hybridized carbons (Fsp3) is 0.381. The van der Waals surface area contributed by atoms with Crippen LogP contribution >= 0.6 is 23.2 Å². The fourth-order valence-electron chi connectivity index (χ4n) is 9.43. The van der Waals surface area contributed by atoms with E-state index in [2.05, 4.69) is 44.5 Å². The van der Waals surface area contributed by atoms with Crippen LogP contribution in [0.25, 0.3) is 32.9 Å². The van der Waals surface area contributed by atoms with Crippen molar-refractivity contribution in [3.05, 3.63) is 105 Å². The molecule has 3 aliphatic heterocycles. The summed E-state index contributed by atoms with van der Waals surface area (Å²) in [5, 5.41) is 29.3. The first kappa shape index (κ1) is 34.6. The number of nitrogens with zero attached hydrogens (tertiary/aromatic N) is 8. The topological polar surface area (TPSA) is 118 Å². The van der Waals surface area contributed by atoms with E-state index in [1.165, 1.54) is 0 Å². The lowest BCUT2D eigenvalue weighted by molar-refractivity contribution is -0.133. The van der Waals surface area contributed by atoms with Crippen molar-refractivity contribution in [2.24, 2.45) is 11.8 Å². The highest BCUT2D eigenvalue weighted by molar-refractivity contribution is 6.43. The number of pyridine rings is 1. The van der Waals surface area contributed by atoms with Gasteiger partial charge < -0.3 is 14.8 Å². The number of benzene rings is 3. The summed E-state index contributed by atoms with van der Waals surface area (Å²) < 4.78 is 19.7. The van der Waals surface area contributed by atoms with Crippen LogP contribution in [0.4, 0.5) is 4.39 Å². The van der Waals surface area contributed by atoms with Gasteiger partial charge in [-0.05, 0) is 79.5 Å². The number of aromatic nitrogens is 6. The molecule has 6 heterocycles. The van der Waals surface area contributed by atoms with Crippen LogP contribution in [-0.4, -0.2) is 59.7 Å². The number of tetrazole rings is 1. The van der Waals surface area contributed by atoms with Crippen LogP contribution in [0.2, 0.25) is 10.0 Å². The summed E-state index contributed by atoms with van der Waals surface area (Å²) in [5.74, 6) is 0.741. The molecule has 10 nitrogen and oxygen atoms in total. The van der Waals surface area contributed by atoms with Crippen molar-refractivity contribution < 1.29 is 9.18 Å². The molecule has 3 saturated heterocycles. The molecule has 5 fully saturated rings. The number of rotatable bonds is 9. The molecule has 6 aromatic rings. The van der Waals surface area contributed by atoms with Gasteiger partial charge in [-0.15, -0.1) is 10.2 Å². The lowest BCUT2D eigenvalue weighted by atomic mass is 9.79. The largest absolute Gasteiger partial charge is 0.337 e. The van der Waals surface area contributed by atoms with Gasteiger partial charge in [-0.25, -0.2) is 9.37 Å². The number of hydrogen-bond acceptors (Lipinski definition) is 7. The average Bonchev–Trinajstić information content (AvgIpc) is 3.66. The molecule has 5 aliphatic rings. The molecule has 2 aliphatic carbocycles. The van der Waals surface area contributed by atoms with Gasteiger partial charge in [0, 0.05) is 71.2 Å². The molecule has 2 saturated carbocycles. The van der Waals surface area contributed by atoms with Gasteiger partial charge >= 0.3 is 0 Å². The minimum Gasteiger partial charge on any atom is -0.337 e. The number of nitrogens with one attached hydrogen (secondary N) is 1. The Kier molecular flexibility index (Phi) is 8.43. The summed E-state index contributed by atoms with van der Waals surface area (Å²) >= 11 is 13.1. The maximum Gasteiger partial charge on any atom is 0.226 e. The maximum absolute atomic E-state index is 17.3. The first-order valence-corrected chi connectivity index (χ1v) is 19.9. The quantitative estimate of drug-likeness (QED) is 0.158. The first-order valence-electron chi connectivity index (χ1n) is 19.1. The Morgan fingerprint density at radius 2 is 1.91 bits per heavy atom. The van der Waals surface area contributed by atoms with Crippen molar-refractivity contribution in [1.82, 2.24) is 40.0 Å². The molecule has 2 bridgehead atoms. The van der Waals surface area contributed by atoms with Crippen molar-refractivity contribution in [2.75, 3.05) is 13.1 Å². The normalized spacial score (nSPS) is 23.1. The number of aryl methyl sites for hydroxylation is 2. The van der Waals surface area contributed by atoms with E-state index >= 15 is 4.39 Å². The second-order valence-corrected chi connectivity index (χ2v) is 16.4. The lowest BCUT2D eigenvalue weighted by Crippen LogP contribution is -2.41. The van der Waals surface area contributed by atoms with E-state index in [0.29, 0.717) is 70.3 Å². The smallest absolute Gasteiger partial charge is 0.226 e. The predicted molar refractivity (Wildman–Crippen MR) is 208 cm³/mol. The van der Waals surface area contributed by atoms with E-state index < -0.39 is 5.82 Å².